The molecule has 36 heavy (non-hydrogen) atoms. The third kappa shape index (κ3) is 6.68. The zero-order valence-electron chi connectivity index (χ0n) is 19.1. The topological polar surface area (TPSA) is 214 Å². The Kier molecular flexibility index (Phi) is 7.71. The quantitative estimate of drug-likeness (QED) is 0.169. The van der Waals surface area contributed by atoms with E-state index in [9.17, 15) is 22.6 Å². The molecular formula is C22H22N8O5S. The molecule has 3 aromatic carbocycles. The van der Waals surface area contributed by atoms with Crippen LogP contribution in [0.2, 0.25) is 0 Å². The van der Waals surface area contributed by atoms with Crippen LogP contribution in [0, 0.1) is 0 Å². The number of anilines is 4. The monoisotopic (exact) mass is 510 g/mol. The third-order valence-corrected chi connectivity index (χ3v) is 5.36. The summed E-state index contributed by atoms with van der Waals surface area (Å²) in [7, 11) is -4.78. The van der Waals surface area contributed by atoms with Crippen molar-refractivity contribution in [3.63, 3.8) is 0 Å². The van der Waals surface area contributed by atoms with Crippen molar-refractivity contribution >= 4 is 67.4 Å². The van der Waals surface area contributed by atoms with Gasteiger partial charge in [-0.05, 0) is 42.5 Å². The minimum Gasteiger partial charge on any atom is -0.396 e. The molecule has 0 saturated heterocycles. The minimum absolute atomic E-state index is 0.150. The molecular weight excluding hydrogens is 488 g/mol. The Balaban J connectivity index is 2.05. The molecule has 186 valence electrons. The highest BCUT2D eigenvalue weighted by Crippen LogP contribution is 2.43. The Morgan fingerprint density at radius 3 is 1.75 bits per heavy atom. The summed E-state index contributed by atoms with van der Waals surface area (Å²) in [5.41, 5.74) is 12.6. The van der Waals surface area contributed by atoms with E-state index in [2.05, 4.69) is 31.1 Å². The van der Waals surface area contributed by atoms with Crippen LogP contribution in [0.5, 0.6) is 0 Å². The van der Waals surface area contributed by atoms with Crippen LogP contribution in [0.25, 0.3) is 0 Å². The molecule has 0 atom stereocenters. The predicted octanol–water partition coefficient (Wildman–Crippen LogP) is 4.85. The van der Waals surface area contributed by atoms with Gasteiger partial charge >= 0.3 is 0 Å². The van der Waals surface area contributed by atoms with Gasteiger partial charge in [-0.2, -0.15) is 18.6 Å². The van der Waals surface area contributed by atoms with E-state index in [1.54, 1.807) is 36.4 Å². The highest BCUT2D eigenvalue weighted by Gasteiger charge is 2.22. The second-order valence-corrected chi connectivity index (χ2v) is 8.80. The molecule has 3 rings (SSSR count). The average molecular weight is 511 g/mol. The highest BCUT2D eigenvalue weighted by atomic mass is 32.2. The molecule has 0 saturated carbocycles. The summed E-state index contributed by atoms with van der Waals surface area (Å²) in [6, 6.07) is 13.7. The third-order valence-electron chi connectivity index (χ3n) is 4.47. The SMILES string of the molecule is CC(=O)Nc1cccc(N=Nc2cc(S(=O)(=O)O)c(N)c(N=Nc3cccc(NC(C)=O)c3)c2N)c1. The van der Waals surface area contributed by atoms with Crippen molar-refractivity contribution in [2.45, 2.75) is 18.7 Å². The van der Waals surface area contributed by atoms with Gasteiger partial charge in [0, 0.05) is 25.2 Å². The summed E-state index contributed by atoms with van der Waals surface area (Å²) < 4.78 is 33.5. The Bertz CT molecular complexity index is 1500. The van der Waals surface area contributed by atoms with Crippen molar-refractivity contribution in [1.29, 1.82) is 0 Å². The van der Waals surface area contributed by atoms with Crippen LogP contribution in [0.4, 0.5) is 45.5 Å². The largest absolute Gasteiger partial charge is 0.396 e. The maximum Gasteiger partial charge on any atom is 0.296 e. The first-order chi connectivity index (χ1) is 16.9. The molecule has 0 spiro atoms. The predicted molar refractivity (Wildman–Crippen MR) is 135 cm³/mol. The number of benzene rings is 3. The summed E-state index contributed by atoms with van der Waals surface area (Å²) in [6.45, 7) is 2.70. The van der Waals surface area contributed by atoms with Gasteiger partial charge in [-0.1, -0.05) is 12.1 Å². The number of hydrogen-bond acceptors (Lipinski definition) is 10. The van der Waals surface area contributed by atoms with Gasteiger partial charge in [0.05, 0.1) is 22.7 Å². The fourth-order valence-electron chi connectivity index (χ4n) is 2.98. The molecule has 0 radical (unpaired) electrons. The van der Waals surface area contributed by atoms with Crippen LogP contribution in [-0.2, 0) is 19.7 Å². The normalized spacial score (nSPS) is 11.6. The number of hydrogen-bond donors (Lipinski definition) is 5. The number of nitrogens with one attached hydrogen (secondary N) is 2. The number of nitrogen functional groups attached to an aromatic ring is 2. The van der Waals surface area contributed by atoms with E-state index in [4.69, 9.17) is 11.5 Å². The van der Waals surface area contributed by atoms with Gasteiger partial charge < -0.3 is 22.1 Å². The van der Waals surface area contributed by atoms with Gasteiger partial charge in [-0.3, -0.25) is 14.1 Å². The number of azo groups is 2. The molecule has 0 fully saturated rings. The van der Waals surface area contributed by atoms with Crippen molar-refractivity contribution in [3.8, 4) is 0 Å². The fourth-order valence-corrected chi connectivity index (χ4v) is 3.62. The lowest BCUT2D eigenvalue weighted by atomic mass is 10.2. The molecule has 0 heterocycles. The Hall–Kier alpha value is -4.69. The van der Waals surface area contributed by atoms with Crippen LogP contribution in [0.15, 0.2) is 79.9 Å². The second kappa shape index (κ2) is 10.7. The highest BCUT2D eigenvalue weighted by molar-refractivity contribution is 7.86. The number of carbonyl (C=O) groups is 2. The molecule has 2 amide bonds. The van der Waals surface area contributed by atoms with Gasteiger partial charge in [0.25, 0.3) is 10.1 Å². The zero-order chi connectivity index (χ0) is 26.5. The molecule has 0 aliphatic carbocycles. The Morgan fingerprint density at radius 2 is 1.28 bits per heavy atom. The minimum atomic E-state index is -4.78. The van der Waals surface area contributed by atoms with Gasteiger partial charge in [0.15, 0.2) is 0 Å². The number of carbonyl (C=O) groups excluding carboxylic acids is 2. The van der Waals surface area contributed by atoms with Crippen LogP contribution in [-0.4, -0.2) is 24.8 Å². The molecule has 3 aromatic rings. The lowest BCUT2D eigenvalue weighted by molar-refractivity contribution is -0.115. The van der Waals surface area contributed by atoms with Crippen LogP contribution >= 0.6 is 0 Å². The van der Waals surface area contributed by atoms with Crippen molar-refractivity contribution in [2.75, 3.05) is 22.1 Å². The maximum atomic E-state index is 11.9. The number of amides is 2. The molecule has 14 heteroatoms. The van der Waals surface area contributed by atoms with Gasteiger partial charge in [-0.25, -0.2) is 0 Å². The second-order valence-electron chi connectivity index (χ2n) is 7.41. The van der Waals surface area contributed by atoms with Gasteiger partial charge in [-0.15, -0.1) is 10.2 Å². The first kappa shape index (κ1) is 25.9. The summed E-state index contributed by atoms with van der Waals surface area (Å²) in [5.74, 6) is -0.557. The van der Waals surface area contributed by atoms with Crippen molar-refractivity contribution in [1.82, 2.24) is 0 Å². The Labute approximate surface area is 206 Å². The Morgan fingerprint density at radius 1 is 0.778 bits per heavy atom. The van der Waals surface area contributed by atoms with E-state index in [1.165, 1.54) is 26.0 Å². The zero-order valence-corrected chi connectivity index (χ0v) is 19.9. The molecule has 0 bridgehead atoms. The van der Waals surface area contributed by atoms with Gasteiger partial charge in [0.1, 0.15) is 16.3 Å². The van der Waals surface area contributed by atoms with Gasteiger partial charge in [0.2, 0.25) is 11.8 Å². The van der Waals surface area contributed by atoms with E-state index >= 15 is 0 Å². The summed E-state index contributed by atoms with van der Waals surface area (Å²) in [4.78, 5) is 21.9. The first-order valence-corrected chi connectivity index (χ1v) is 11.7. The molecule has 0 unspecified atom stereocenters. The molecule has 7 N–H and O–H groups in total. The average Bonchev–Trinajstić information content (AvgIpc) is 2.77. The van der Waals surface area contributed by atoms with Crippen molar-refractivity contribution in [3.05, 3.63) is 54.6 Å². The standard InChI is InChI=1S/C22H22N8O5S/c1-12(31)25-14-5-3-7-16(9-14)27-29-18-11-19(36(33,34)35)21(24)22(20(18)23)30-28-17-8-4-6-15(10-17)26-13(2)32/h3-11H,23-24H2,1-2H3,(H,25,31)(H,26,32)(H,33,34,35). The van der Waals surface area contributed by atoms with E-state index < -0.39 is 20.7 Å². The van der Waals surface area contributed by atoms with E-state index in [-0.39, 0.29) is 28.9 Å². The van der Waals surface area contributed by atoms with Crippen LogP contribution in [0.1, 0.15) is 13.8 Å². The van der Waals surface area contributed by atoms with Crippen molar-refractivity contribution in [2.24, 2.45) is 20.5 Å². The molecule has 0 aliphatic rings. The van der Waals surface area contributed by atoms with Crippen LogP contribution < -0.4 is 22.1 Å². The summed E-state index contributed by atoms with van der Waals surface area (Å²) in [5, 5.41) is 21.2. The van der Waals surface area contributed by atoms with Crippen LogP contribution in [0.3, 0.4) is 0 Å². The lowest BCUT2D eigenvalue weighted by Gasteiger charge is -2.10. The van der Waals surface area contributed by atoms with Crippen molar-refractivity contribution < 1.29 is 22.6 Å². The van der Waals surface area contributed by atoms with E-state index in [0.717, 1.165) is 6.07 Å². The molecule has 0 aliphatic heterocycles. The fraction of sp³-hybridized carbons (Fsp3) is 0.0909. The summed E-state index contributed by atoms with van der Waals surface area (Å²) in [6.07, 6.45) is 0. The van der Waals surface area contributed by atoms with E-state index in [1.807, 2.05) is 0 Å². The number of nitrogens with zero attached hydrogens (tertiary/aromatic N) is 4. The molecule has 13 nitrogen and oxygen atoms in total. The smallest absolute Gasteiger partial charge is 0.296 e. The lowest BCUT2D eigenvalue weighted by Crippen LogP contribution is -2.05. The van der Waals surface area contributed by atoms with E-state index in [0.29, 0.717) is 22.7 Å². The number of rotatable bonds is 7. The first-order valence-electron chi connectivity index (χ1n) is 10.2. The molecule has 0 aromatic heterocycles. The summed E-state index contributed by atoms with van der Waals surface area (Å²) >= 11 is 0. The number of nitrogens with two attached hydrogens (primary N) is 2. The maximum absolute atomic E-state index is 11.9.